The lowest BCUT2D eigenvalue weighted by atomic mass is 10.1. The Hall–Kier alpha value is -1.42. The van der Waals surface area contributed by atoms with Gasteiger partial charge in [0.2, 0.25) is 0 Å². The van der Waals surface area contributed by atoms with Crippen LogP contribution in [0.25, 0.3) is 0 Å². The Bertz CT molecular complexity index is 549. The fraction of sp³-hybridized carbons (Fsp3) is 0.286. The average Bonchev–Trinajstić information content (AvgIpc) is 2.75. The predicted octanol–water partition coefficient (Wildman–Crippen LogP) is 4.28. The Balaban J connectivity index is 2.14. The summed E-state index contributed by atoms with van der Waals surface area (Å²) in [5, 5.41) is 3.35. The van der Waals surface area contributed by atoms with Crippen molar-refractivity contribution in [1.82, 2.24) is 0 Å². The third kappa shape index (κ3) is 2.70. The van der Waals surface area contributed by atoms with Gasteiger partial charge in [-0.25, -0.2) is 0 Å². The number of aryl methyl sites for hydroxylation is 1. The molecule has 0 radical (unpaired) electrons. The van der Waals surface area contributed by atoms with Gasteiger partial charge in [-0.3, -0.25) is 0 Å². The number of methoxy groups -OCH3 is 1. The molecule has 0 atom stereocenters. The predicted molar refractivity (Wildman–Crippen MR) is 76.2 cm³/mol. The van der Waals surface area contributed by atoms with Gasteiger partial charge < -0.3 is 14.5 Å². The lowest BCUT2D eigenvalue weighted by Gasteiger charge is -2.14. The molecule has 1 N–H and O–H groups in total. The lowest BCUT2D eigenvalue weighted by Crippen LogP contribution is -2.02. The third-order valence-electron chi connectivity index (χ3n) is 2.89. The lowest BCUT2D eigenvalue weighted by molar-refractivity contribution is 0.409. The minimum Gasteiger partial charge on any atom is -0.496 e. The molecule has 96 valence electrons. The van der Waals surface area contributed by atoms with Crippen LogP contribution in [0.5, 0.6) is 5.75 Å². The van der Waals surface area contributed by atoms with Crippen LogP contribution in [0.15, 0.2) is 33.4 Å². The van der Waals surface area contributed by atoms with E-state index in [-0.39, 0.29) is 0 Å². The molecular formula is C14H16BrNO2. The summed E-state index contributed by atoms with van der Waals surface area (Å²) < 4.78 is 11.6. The second kappa shape index (κ2) is 5.48. The van der Waals surface area contributed by atoms with Crippen LogP contribution < -0.4 is 10.1 Å². The highest BCUT2D eigenvalue weighted by molar-refractivity contribution is 9.10. The smallest absolute Gasteiger partial charge is 0.169 e. The number of rotatable bonds is 4. The molecule has 0 saturated heterocycles. The van der Waals surface area contributed by atoms with E-state index in [1.165, 1.54) is 0 Å². The molecule has 1 heterocycles. The molecular weight excluding hydrogens is 294 g/mol. The molecule has 0 saturated carbocycles. The van der Waals surface area contributed by atoms with E-state index in [9.17, 15) is 0 Å². The molecule has 1 aromatic heterocycles. The van der Waals surface area contributed by atoms with Crippen molar-refractivity contribution in [2.45, 2.75) is 20.4 Å². The van der Waals surface area contributed by atoms with E-state index in [0.717, 1.165) is 33.0 Å². The van der Waals surface area contributed by atoms with E-state index in [4.69, 9.17) is 9.15 Å². The minimum absolute atomic E-state index is 0.651. The van der Waals surface area contributed by atoms with Gasteiger partial charge in [0.1, 0.15) is 11.5 Å². The highest BCUT2D eigenvalue weighted by Crippen LogP contribution is 2.29. The van der Waals surface area contributed by atoms with Gasteiger partial charge in [0, 0.05) is 11.3 Å². The van der Waals surface area contributed by atoms with Crippen molar-refractivity contribution in [2.75, 3.05) is 12.4 Å². The monoisotopic (exact) mass is 309 g/mol. The molecule has 0 unspecified atom stereocenters. The van der Waals surface area contributed by atoms with Gasteiger partial charge >= 0.3 is 0 Å². The van der Waals surface area contributed by atoms with Gasteiger partial charge in [-0.05, 0) is 53.5 Å². The molecule has 0 aliphatic rings. The molecule has 0 spiro atoms. The molecule has 0 amide bonds. The Morgan fingerprint density at radius 2 is 2.00 bits per heavy atom. The van der Waals surface area contributed by atoms with Gasteiger partial charge in [0.15, 0.2) is 4.67 Å². The van der Waals surface area contributed by atoms with Crippen LogP contribution in [0.1, 0.15) is 16.9 Å². The van der Waals surface area contributed by atoms with Crippen molar-refractivity contribution in [3.05, 3.63) is 45.8 Å². The molecule has 4 heteroatoms. The topological polar surface area (TPSA) is 34.4 Å². The van der Waals surface area contributed by atoms with Crippen molar-refractivity contribution in [2.24, 2.45) is 0 Å². The number of nitrogens with one attached hydrogen (secondary N) is 1. The number of furan rings is 1. The molecule has 0 fully saturated rings. The second-order valence-electron chi connectivity index (χ2n) is 4.15. The van der Waals surface area contributed by atoms with E-state index in [2.05, 4.69) is 27.3 Å². The molecule has 3 nitrogen and oxygen atoms in total. The van der Waals surface area contributed by atoms with Gasteiger partial charge in [-0.2, -0.15) is 0 Å². The highest BCUT2D eigenvalue weighted by atomic mass is 79.9. The molecule has 0 aliphatic heterocycles. The number of benzene rings is 1. The molecule has 2 rings (SSSR count). The first kappa shape index (κ1) is 13.0. The first-order valence-corrected chi connectivity index (χ1v) is 6.53. The summed E-state index contributed by atoms with van der Waals surface area (Å²) in [5.41, 5.74) is 3.31. The van der Waals surface area contributed by atoms with Crippen LogP contribution >= 0.6 is 15.9 Å². The maximum absolute atomic E-state index is 5.45. The molecule has 2 aromatic rings. The van der Waals surface area contributed by atoms with Crippen molar-refractivity contribution in [3.8, 4) is 5.75 Å². The summed E-state index contributed by atoms with van der Waals surface area (Å²) in [7, 11) is 1.70. The molecule has 1 aromatic carbocycles. The highest BCUT2D eigenvalue weighted by Gasteiger charge is 2.08. The number of hydrogen-bond acceptors (Lipinski definition) is 3. The Morgan fingerprint density at radius 3 is 2.61 bits per heavy atom. The summed E-state index contributed by atoms with van der Waals surface area (Å²) in [4.78, 5) is 0. The van der Waals surface area contributed by atoms with Crippen LogP contribution in [0.3, 0.4) is 0 Å². The van der Waals surface area contributed by atoms with E-state index in [0.29, 0.717) is 6.54 Å². The van der Waals surface area contributed by atoms with Gasteiger partial charge in [-0.15, -0.1) is 0 Å². The standard InChI is InChI=1S/C14H16BrNO2/c1-9-4-6-12(10(2)14(9)17-3)16-8-11-5-7-13(15)18-11/h4-7,16H,8H2,1-3H3. The molecule has 0 aliphatic carbocycles. The number of anilines is 1. The van der Waals surface area contributed by atoms with Crippen LogP contribution in [0.2, 0.25) is 0 Å². The SMILES string of the molecule is COc1c(C)ccc(NCc2ccc(Br)o2)c1C. The summed E-state index contributed by atoms with van der Waals surface area (Å²) in [5.74, 6) is 1.82. The fourth-order valence-electron chi connectivity index (χ4n) is 1.96. The number of hydrogen-bond donors (Lipinski definition) is 1. The summed E-state index contributed by atoms with van der Waals surface area (Å²) in [6.07, 6.45) is 0. The molecule has 0 bridgehead atoms. The largest absolute Gasteiger partial charge is 0.496 e. The van der Waals surface area contributed by atoms with Crippen molar-refractivity contribution in [1.29, 1.82) is 0 Å². The first-order valence-electron chi connectivity index (χ1n) is 5.74. The van der Waals surface area contributed by atoms with Gasteiger partial charge in [0.05, 0.1) is 13.7 Å². The van der Waals surface area contributed by atoms with Crippen LogP contribution in [-0.4, -0.2) is 7.11 Å². The third-order valence-corrected chi connectivity index (χ3v) is 3.32. The summed E-state index contributed by atoms with van der Waals surface area (Å²) in [6, 6.07) is 7.94. The Morgan fingerprint density at radius 1 is 1.22 bits per heavy atom. The number of ether oxygens (including phenoxy) is 1. The summed E-state index contributed by atoms with van der Waals surface area (Å²) >= 11 is 3.29. The quantitative estimate of drug-likeness (QED) is 0.915. The normalized spacial score (nSPS) is 10.4. The zero-order chi connectivity index (χ0) is 13.1. The van der Waals surface area contributed by atoms with Crippen LogP contribution in [-0.2, 0) is 6.54 Å². The maximum Gasteiger partial charge on any atom is 0.169 e. The number of halogens is 1. The van der Waals surface area contributed by atoms with E-state index >= 15 is 0 Å². The second-order valence-corrected chi connectivity index (χ2v) is 4.93. The minimum atomic E-state index is 0.651. The van der Waals surface area contributed by atoms with E-state index in [1.807, 2.05) is 32.0 Å². The maximum atomic E-state index is 5.45. The Kier molecular flexibility index (Phi) is 3.97. The zero-order valence-corrected chi connectivity index (χ0v) is 12.3. The van der Waals surface area contributed by atoms with Gasteiger partial charge in [0.25, 0.3) is 0 Å². The van der Waals surface area contributed by atoms with Gasteiger partial charge in [-0.1, -0.05) is 6.07 Å². The van der Waals surface area contributed by atoms with Crippen molar-refractivity contribution < 1.29 is 9.15 Å². The fourth-order valence-corrected chi connectivity index (χ4v) is 2.30. The van der Waals surface area contributed by atoms with Crippen molar-refractivity contribution in [3.63, 3.8) is 0 Å². The Labute approximate surface area is 115 Å². The van der Waals surface area contributed by atoms with E-state index in [1.54, 1.807) is 7.11 Å². The van der Waals surface area contributed by atoms with Crippen molar-refractivity contribution >= 4 is 21.6 Å². The average molecular weight is 310 g/mol. The van der Waals surface area contributed by atoms with Crippen LogP contribution in [0.4, 0.5) is 5.69 Å². The van der Waals surface area contributed by atoms with E-state index < -0.39 is 0 Å². The molecule has 18 heavy (non-hydrogen) atoms. The zero-order valence-electron chi connectivity index (χ0n) is 10.7. The summed E-state index contributed by atoms with van der Waals surface area (Å²) in [6.45, 7) is 4.74. The van der Waals surface area contributed by atoms with Crippen LogP contribution in [0, 0.1) is 13.8 Å². The first-order chi connectivity index (χ1) is 8.61.